The molecule has 1 aromatic heterocycles. The molecule has 0 atom stereocenters. The average Bonchev–Trinajstić information content (AvgIpc) is 2.40. The van der Waals surface area contributed by atoms with Gasteiger partial charge in [0.25, 0.3) is 0 Å². The lowest BCUT2D eigenvalue weighted by Gasteiger charge is -2.32. The van der Waals surface area contributed by atoms with E-state index in [0.29, 0.717) is 12.3 Å². The summed E-state index contributed by atoms with van der Waals surface area (Å²) >= 11 is 0. The SMILES string of the molecule is CC(C)CC(=O)N1CCC(Oc2cccnc2)CC1. The number of carbonyl (C=O) groups is 1. The first-order chi connectivity index (χ1) is 9.15. The summed E-state index contributed by atoms with van der Waals surface area (Å²) in [5, 5.41) is 0. The Balaban J connectivity index is 1.78. The number of hydrogen-bond donors (Lipinski definition) is 0. The van der Waals surface area contributed by atoms with E-state index in [1.54, 1.807) is 12.4 Å². The van der Waals surface area contributed by atoms with Crippen molar-refractivity contribution in [3.63, 3.8) is 0 Å². The van der Waals surface area contributed by atoms with Crippen molar-refractivity contribution >= 4 is 5.91 Å². The molecule has 0 N–H and O–H groups in total. The smallest absolute Gasteiger partial charge is 0.222 e. The molecule has 1 aliphatic heterocycles. The highest BCUT2D eigenvalue weighted by molar-refractivity contribution is 5.76. The summed E-state index contributed by atoms with van der Waals surface area (Å²) < 4.78 is 5.86. The zero-order valence-electron chi connectivity index (χ0n) is 11.7. The van der Waals surface area contributed by atoms with Crippen molar-refractivity contribution in [1.29, 1.82) is 0 Å². The highest BCUT2D eigenvalue weighted by atomic mass is 16.5. The van der Waals surface area contributed by atoms with Crippen LogP contribution in [0, 0.1) is 5.92 Å². The highest BCUT2D eigenvalue weighted by Gasteiger charge is 2.24. The summed E-state index contributed by atoms with van der Waals surface area (Å²) in [6, 6.07) is 3.79. The van der Waals surface area contributed by atoms with Crippen LogP contribution in [0.4, 0.5) is 0 Å². The van der Waals surface area contributed by atoms with Crippen LogP contribution in [0.25, 0.3) is 0 Å². The van der Waals surface area contributed by atoms with Gasteiger partial charge in [-0.05, 0) is 18.1 Å². The van der Waals surface area contributed by atoms with Gasteiger partial charge in [0.05, 0.1) is 6.20 Å². The fourth-order valence-corrected chi connectivity index (χ4v) is 2.31. The molecule has 19 heavy (non-hydrogen) atoms. The lowest BCUT2D eigenvalue weighted by molar-refractivity contribution is -0.133. The van der Waals surface area contributed by atoms with Crippen molar-refractivity contribution in [2.24, 2.45) is 5.92 Å². The Morgan fingerprint density at radius 2 is 2.21 bits per heavy atom. The first-order valence-corrected chi connectivity index (χ1v) is 6.99. The standard InChI is InChI=1S/C15H22N2O2/c1-12(2)10-15(18)17-8-5-13(6-9-17)19-14-4-3-7-16-11-14/h3-4,7,11-13H,5-6,8-10H2,1-2H3. The molecular weight excluding hydrogens is 240 g/mol. The van der Waals surface area contributed by atoms with E-state index in [2.05, 4.69) is 18.8 Å². The lowest BCUT2D eigenvalue weighted by Crippen LogP contribution is -2.42. The lowest BCUT2D eigenvalue weighted by atomic mass is 10.1. The van der Waals surface area contributed by atoms with Gasteiger partial charge in [-0.3, -0.25) is 9.78 Å². The first kappa shape index (κ1) is 13.8. The number of piperidine rings is 1. The summed E-state index contributed by atoms with van der Waals surface area (Å²) in [4.78, 5) is 17.9. The maximum absolute atomic E-state index is 11.9. The Hall–Kier alpha value is -1.58. The Labute approximate surface area is 114 Å². The molecular formula is C15H22N2O2. The molecule has 2 heterocycles. The normalized spacial score (nSPS) is 16.7. The van der Waals surface area contributed by atoms with E-state index >= 15 is 0 Å². The van der Waals surface area contributed by atoms with Crippen molar-refractivity contribution in [2.45, 2.75) is 39.2 Å². The molecule has 1 aliphatic rings. The van der Waals surface area contributed by atoms with Gasteiger partial charge >= 0.3 is 0 Å². The first-order valence-electron chi connectivity index (χ1n) is 6.99. The van der Waals surface area contributed by atoms with Gasteiger partial charge in [0.2, 0.25) is 5.91 Å². The van der Waals surface area contributed by atoms with E-state index in [0.717, 1.165) is 31.7 Å². The van der Waals surface area contributed by atoms with E-state index in [4.69, 9.17) is 4.74 Å². The molecule has 0 radical (unpaired) electrons. The van der Waals surface area contributed by atoms with Crippen LogP contribution in [-0.2, 0) is 4.79 Å². The largest absolute Gasteiger partial charge is 0.489 e. The number of rotatable bonds is 4. The zero-order chi connectivity index (χ0) is 13.7. The van der Waals surface area contributed by atoms with Crippen molar-refractivity contribution in [3.05, 3.63) is 24.5 Å². The number of aromatic nitrogens is 1. The van der Waals surface area contributed by atoms with Gasteiger partial charge in [-0.15, -0.1) is 0 Å². The van der Waals surface area contributed by atoms with Gasteiger partial charge in [-0.1, -0.05) is 13.8 Å². The Morgan fingerprint density at radius 1 is 1.47 bits per heavy atom. The quantitative estimate of drug-likeness (QED) is 0.837. The third-order valence-corrected chi connectivity index (χ3v) is 3.31. The predicted octanol–water partition coefficient (Wildman–Crippen LogP) is 2.50. The monoisotopic (exact) mass is 262 g/mol. The predicted molar refractivity (Wildman–Crippen MR) is 73.9 cm³/mol. The molecule has 1 fully saturated rings. The minimum absolute atomic E-state index is 0.201. The molecule has 1 aromatic rings. The summed E-state index contributed by atoms with van der Waals surface area (Å²) in [7, 11) is 0. The number of amides is 1. The summed E-state index contributed by atoms with van der Waals surface area (Å²) in [5.74, 6) is 1.51. The fraction of sp³-hybridized carbons (Fsp3) is 0.600. The molecule has 1 saturated heterocycles. The number of carbonyl (C=O) groups excluding carboxylic acids is 1. The summed E-state index contributed by atoms with van der Waals surface area (Å²) in [6.07, 6.45) is 6.12. The average molecular weight is 262 g/mol. The van der Waals surface area contributed by atoms with E-state index in [9.17, 15) is 4.79 Å². The van der Waals surface area contributed by atoms with Gasteiger partial charge in [-0.2, -0.15) is 0 Å². The van der Waals surface area contributed by atoms with Gasteiger partial charge < -0.3 is 9.64 Å². The van der Waals surface area contributed by atoms with Crippen LogP contribution in [0.3, 0.4) is 0 Å². The fourth-order valence-electron chi connectivity index (χ4n) is 2.31. The Kier molecular flexibility index (Phi) is 4.77. The van der Waals surface area contributed by atoms with Crippen LogP contribution in [0.15, 0.2) is 24.5 Å². The van der Waals surface area contributed by atoms with Crippen LogP contribution in [-0.4, -0.2) is 35.0 Å². The second-order valence-corrected chi connectivity index (χ2v) is 5.48. The van der Waals surface area contributed by atoms with E-state index < -0.39 is 0 Å². The van der Waals surface area contributed by atoms with E-state index in [1.165, 1.54) is 0 Å². The molecule has 0 aliphatic carbocycles. The summed E-state index contributed by atoms with van der Waals surface area (Å²) in [5.41, 5.74) is 0. The van der Waals surface area contributed by atoms with Gasteiger partial charge in [-0.25, -0.2) is 0 Å². The second kappa shape index (κ2) is 6.55. The minimum atomic E-state index is 0.201. The molecule has 0 unspecified atom stereocenters. The molecule has 4 heteroatoms. The van der Waals surface area contributed by atoms with E-state index in [-0.39, 0.29) is 12.0 Å². The molecule has 0 saturated carbocycles. The second-order valence-electron chi connectivity index (χ2n) is 5.48. The molecule has 0 bridgehead atoms. The highest BCUT2D eigenvalue weighted by Crippen LogP contribution is 2.19. The van der Waals surface area contributed by atoms with E-state index in [1.807, 2.05) is 17.0 Å². The van der Waals surface area contributed by atoms with Crippen LogP contribution >= 0.6 is 0 Å². The third kappa shape index (κ3) is 4.23. The number of pyridine rings is 1. The summed E-state index contributed by atoms with van der Waals surface area (Å²) in [6.45, 7) is 5.76. The molecule has 104 valence electrons. The topological polar surface area (TPSA) is 42.4 Å². The van der Waals surface area contributed by atoms with Gasteiger partial charge in [0.1, 0.15) is 11.9 Å². The van der Waals surface area contributed by atoms with Crippen LogP contribution < -0.4 is 4.74 Å². The van der Waals surface area contributed by atoms with Crippen LogP contribution in [0.1, 0.15) is 33.1 Å². The third-order valence-electron chi connectivity index (χ3n) is 3.31. The van der Waals surface area contributed by atoms with Crippen LogP contribution in [0.5, 0.6) is 5.75 Å². The molecule has 0 spiro atoms. The Morgan fingerprint density at radius 3 is 2.79 bits per heavy atom. The number of ether oxygens (including phenoxy) is 1. The number of likely N-dealkylation sites (tertiary alicyclic amines) is 1. The van der Waals surface area contributed by atoms with Crippen LogP contribution in [0.2, 0.25) is 0 Å². The molecule has 4 nitrogen and oxygen atoms in total. The zero-order valence-corrected chi connectivity index (χ0v) is 11.7. The maximum atomic E-state index is 11.9. The maximum Gasteiger partial charge on any atom is 0.222 e. The molecule has 0 aromatic carbocycles. The minimum Gasteiger partial charge on any atom is -0.489 e. The van der Waals surface area contributed by atoms with Crippen molar-refractivity contribution in [2.75, 3.05) is 13.1 Å². The van der Waals surface area contributed by atoms with Crippen molar-refractivity contribution in [3.8, 4) is 5.75 Å². The number of nitrogens with zero attached hydrogens (tertiary/aromatic N) is 2. The number of hydrogen-bond acceptors (Lipinski definition) is 3. The van der Waals surface area contributed by atoms with Gasteiger partial charge in [0.15, 0.2) is 0 Å². The van der Waals surface area contributed by atoms with Crippen molar-refractivity contribution < 1.29 is 9.53 Å². The van der Waals surface area contributed by atoms with Gasteiger partial charge in [0, 0.05) is 38.5 Å². The van der Waals surface area contributed by atoms with Crippen molar-refractivity contribution in [1.82, 2.24) is 9.88 Å². The molecule has 1 amide bonds. The molecule has 2 rings (SSSR count). The Bertz CT molecular complexity index is 398.